The van der Waals surface area contributed by atoms with Gasteiger partial charge in [-0.25, -0.2) is 0 Å². The van der Waals surface area contributed by atoms with E-state index in [4.69, 9.17) is 18.7 Å². The van der Waals surface area contributed by atoms with Gasteiger partial charge in [-0.15, -0.1) is 0 Å². The fraction of sp³-hybridized carbons (Fsp3) is 0.273. The molecule has 2 heterocycles. The van der Waals surface area contributed by atoms with Gasteiger partial charge in [-0.1, -0.05) is 17.3 Å². The number of nitrogens with one attached hydrogen (secondary N) is 1. The van der Waals surface area contributed by atoms with Gasteiger partial charge in [0.1, 0.15) is 24.7 Å². The summed E-state index contributed by atoms with van der Waals surface area (Å²) in [5.74, 6) is 2.73. The Balaban J connectivity index is 1.32. The number of rotatable bonds is 7. The van der Waals surface area contributed by atoms with E-state index in [0.717, 1.165) is 22.6 Å². The predicted molar refractivity (Wildman–Crippen MR) is 106 cm³/mol. The molecule has 0 atom stereocenters. The molecule has 0 aliphatic carbocycles. The van der Waals surface area contributed by atoms with Gasteiger partial charge >= 0.3 is 0 Å². The molecule has 1 aliphatic heterocycles. The van der Waals surface area contributed by atoms with Crippen LogP contribution in [0.15, 0.2) is 53.1 Å². The van der Waals surface area contributed by atoms with Gasteiger partial charge in [-0.05, 0) is 42.8 Å². The SMILES string of the molecule is CCOc1ccc(CC(=O)NCc2cc(-c3ccc4c(c3)OCCO4)on2)cc1. The van der Waals surface area contributed by atoms with Crippen LogP contribution in [0.1, 0.15) is 18.2 Å². The summed E-state index contributed by atoms with van der Waals surface area (Å²) in [7, 11) is 0. The Morgan fingerprint density at radius 3 is 2.66 bits per heavy atom. The van der Waals surface area contributed by atoms with E-state index in [0.29, 0.717) is 50.0 Å². The number of amides is 1. The van der Waals surface area contributed by atoms with E-state index in [1.165, 1.54) is 0 Å². The van der Waals surface area contributed by atoms with E-state index < -0.39 is 0 Å². The van der Waals surface area contributed by atoms with Crippen LogP contribution in [-0.2, 0) is 17.8 Å². The van der Waals surface area contributed by atoms with Crippen molar-refractivity contribution in [1.82, 2.24) is 10.5 Å². The molecular weight excluding hydrogens is 372 g/mol. The van der Waals surface area contributed by atoms with Crippen molar-refractivity contribution in [1.29, 1.82) is 0 Å². The number of ether oxygens (including phenoxy) is 3. The summed E-state index contributed by atoms with van der Waals surface area (Å²) < 4.78 is 21.9. The standard InChI is InChI=1S/C22H22N2O5/c1-2-26-18-6-3-15(4-7-18)11-22(25)23-14-17-13-20(29-24-17)16-5-8-19-21(12-16)28-10-9-27-19/h3-8,12-13H,2,9-11,14H2,1H3,(H,23,25). The van der Waals surface area contributed by atoms with Crippen molar-refractivity contribution >= 4 is 5.91 Å². The van der Waals surface area contributed by atoms with Crippen LogP contribution < -0.4 is 19.5 Å². The molecule has 0 unspecified atom stereocenters. The zero-order valence-electron chi connectivity index (χ0n) is 16.1. The van der Waals surface area contributed by atoms with E-state index >= 15 is 0 Å². The van der Waals surface area contributed by atoms with Gasteiger partial charge < -0.3 is 24.1 Å². The zero-order valence-corrected chi connectivity index (χ0v) is 16.1. The van der Waals surface area contributed by atoms with E-state index in [-0.39, 0.29) is 5.91 Å². The molecule has 3 aromatic rings. The second-order valence-corrected chi connectivity index (χ2v) is 6.57. The van der Waals surface area contributed by atoms with Crippen LogP contribution in [0.5, 0.6) is 17.2 Å². The highest BCUT2D eigenvalue weighted by Crippen LogP contribution is 2.34. The molecule has 0 fully saturated rings. The second kappa shape index (κ2) is 8.68. The van der Waals surface area contributed by atoms with Crippen molar-refractivity contribution in [2.24, 2.45) is 0 Å². The fourth-order valence-corrected chi connectivity index (χ4v) is 3.04. The summed E-state index contributed by atoms with van der Waals surface area (Å²) >= 11 is 0. The van der Waals surface area contributed by atoms with E-state index in [2.05, 4.69) is 10.5 Å². The Kier molecular flexibility index (Phi) is 5.65. The number of hydrogen-bond acceptors (Lipinski definition) is 6. The number of benzene rings is 2. The molecule has 150 valence electrons. The summed E-state index contributed by atoms with van der Waals surface area (Å²) in [6.45, 7) is 3.92. The molecule has 0 bridgehead atoms. The molecule has 29 heavy (non-hydrogen) atoms. The van der Waals surface area contributed by atoms with Crippen molar-refractivity contribution < 1.29 is 23.5 Å². The quantitative estimate of drug-likeness (QED) is 0.662. The monoisotopic (exact) mass is 394 g/mol. The number of aromatic nitrogens is 1. The predicted octanol–water partition coefficient (Wildman–Crippen LogP) is 3.37. The van der Waals surface area contributed by atoms with Crippen LogP contribution in [0.25, 0.3) is 11.3 Å². The third-order valence-electron chi connectivity index (χ3n) is 4.45. The average Bonchev–Trinajstić information content (AvgIpc) is 3.23. The van der Waals surface area contributed by atoms with Gasteiger partial charge in [-0.2, -0.15) is 0 Å². The topological polar surface area (TPSA) is 82.8 Å². The van der Waals surface area contributed by atoms with Gasteiger partial charge in [0.2, 0.25) is 5.91 Å². The summed E-state index contributed by atoms with van der Waals surface area (Å²) in [6, 6.07) is 14.9. The maximum Gasteiger partial charge on any atom is 0.224 e. The Bertz CT molecular complexity index is 981. The summed E-state index contributed by atoms with van der Waals surface area (Å²) in [5.41, 5.74) is 2.41. The van der Waals surface area contributed by atoms with Gasteiger partial charge in [0.15, 0.2) is 17.3 Å². The third-order valence-corrected chi connectivity index (χ3v) is 4.45. The lowest BCUT2D eigenvalue weighted by molar-refractivity contribution is -0.120. The molecule has 0 spiro atoms. The normalized spacial score (nSPS) is 12.4. The van der Waals surface area contributed by atoms with Crippen LogP contribution in [0.4, 0.5) is 0 Å². The van der Waals surface area contributed by atoms with Crippen LogP contribution in [0, 0.1) is 0 Å². The number of nitrogens with zero attached hydrogens (tertiary/aromatic N) is 1. The first-order valence-corrected chi connectivity index (χ1v) is 9.55. The highest BCUT2D eigenvalue weighted by atomic mass is 16.6. The van der Waals surface area contributed by atoms with Crippen LogP contribution in [0.3, 0.4) is 0 Å². The Morgan fingerprint density at radius 2 is 1.86 bits per heavy atom. The van der Waals surface area contributed by atoms with Gasteiger partial charge in [-0.3, -0.25) is 4.79 Å². The largest absolute Gasteiger partial charge is 0.494 e. The molecule has 1 aromatic heterocycles. The number of fused-ring (bicyclic) bond motifs is 1. The molecule has 1 N–H and O–H groups in total. The Hall–Kier alpha value is -3.48. The van der Waals surface area contributed by atoms with Crippen LogP contribution >= 0.6 is 0 Å². The number of carbonyl (C=O) groups is 1. The molecule has 2 aromatic carbocycles. The minimum Gasteiger partial charge on any atom is -0.494 e. The number of hydrogen-bond donors (Lipinski definition) is 1. The smallest absolute Gasteiger partial charge is 0.224 e. The lowest BCUT2D eigenvalue weighted by Crippen LogP contribution is -2.24. The second-order valence-electron chi connectivity index (χ2n) is 6.57. The molecular formula is C22H22N2O5. The molecule has 4 rings (SSSR count). The Labute approximate surface area is 168 Å². The lowest BCUT2D eigenvalue weighted by atomic mass is 10.1. The van der Waals surface area contributed by atoms with E-state index in [1.54, 1.807) is 0 Å². The van der Waals surface area contributed by atoms with Crippen LogP contribution in [-0.4, -0.2) is 30.9 Å². The Morgan fingerprint density at radius 1 is 1.07 bits per heavy atom. The first-order valence-electron chi connectivity index (χ1n) is 9.55. The van der Waals surface area contributed by atoms with Gasteiger partial charge in [0.05, 0.1) is 19.6 Å². The van der Waals surface area contributed by atoms with Gasteiger partial charge in [0, 0.05) is 11.6 Å². The van der Waals surface area contributed by atoms with Crippen molar-refractivity contribution in [3.8, 4) is 28.6 Å². The maximum atomic E-state index is 12.2. The third kappa shape index (κ3) is 4.68. The molecule has 0 saturated carbocycles. The minimum atomic E-state index is -0.0851. The van der Waals surface area contributed by atoms with Crippen molar-refractivity contribution in [2.75, 3.05) is 19.8 Å². The summed E-state index contributed by atoms with van der Waals surface area (Å²) in [5, 5.41) is 6.90. The van der Waals surface area contributed by atoms with Gasteiger partial charge in [0.25, 0.3) is 0 Å². The molecule has 1 amide bonds. The summed E-state index contributed by atoms with van der Waals surface area (Å²) in [4.78, 5) is 12.2. The van der Waals surface area contributed by atoms with Crippen molar-refractivity contribution in [2.45, 2.75) is 19.9 Å². The van der Waals surface area contributed by atoms with E-state index in [9.17, 15) is 4.79 Å². The first-order chi connectivity index (χ1) is 14.2. The molecule has 7 nitrogen and oxygen atoms in total. The first kappa shape index (κ1) is 18.9. The van der Waals surface area contributed by atoms with Crippen molar-refractivity contribution in [3.05, 3.63) is 59.8 Å². The maximum absolute atomic E-state index is 12.2. The lowest BCUT2D eigenvalue weighted by Gasteiger charge is -2.18. The fourth-order valence-electron chi connectivity index (χ4n) is 3.04. The average molecular weight is 394 g/mol. The zero-order chi connectivity index (χ0) is 20.1. The number of carbonyl (C=O) groups excluding carboxylic acids is 1. The molecule has 7 heteroatoms. The highest BCUT2D eigenvalue weighted by Gasteiger charge is 2.15. The minimum absolute atomic E-state index is 0.0851. The van der Waals surface area contributed by atoms with Crippen LogP contribution in [0.2, 0.25) is 0 Å². The van der Waals surface area contributed by atoms with Crippen molar-refractivity contribution in [3.63, 3.8) is 0 Å². The highest BCUT2D eigenvalue weighted by molar-refractivity contribution is 5.78. The molecule has 0 saturated heterocycles. The molecule has 1 aliphatic rings. The summed E-state index contributed by atoms with van der Waals surface area (Å²) in [6.07, 6.45) is 0.291. The van der Waals surface area contributed by atoms with E-state index in [1.807, 2.05) is 55.5 Å². The molecule has 0 radical (unpaired) electrons.